The molecule has 0 radical (unpaired) electrons. The van der Waals surface area contributed by atoms with Crippen molar-refractivity contribution in [3.63, 3.8) is 0 Å². The SMILES string of the molecule is CCC(=O)C(F)(Cl)C(=O)OCc1ccccc1. The maximum absolute atomic E-state index is 13.5. The molecule has 1 atom stereocenters. The van der Waals surface area contributed by atoms with E-state index in [1.54, 1.807) is 30.3 Å². The number of hydrogen-bond donors (Lipinski definition) is 0. The largest absolute Gasteiger partial charge is 0.457 e. The van der Waals surface area contributed by atoms with Crippen LogP contribution in [0, 0.1) is 0 Å². The summed E-state index contributed by atoms with van der Waals surface area (Å²) in [7, 11) is 0. The normalized spacial score (nSPS) is 13.8. The third-order valence-corrected chi connectivity index (χ3v) is 2.51. The monoisotopic (exact) mass is 258 g/mol. The van der Waals surface area contributed by atoms with Crippen molar-refractivity contribution in [2.75, 3.05) is 0 Å². The summed E-state index contributed by atoms with van der Waals surface area (Å²) in [6, 6.07) is 8.73. The predicted octanol–water partition coefficient (Wildman–Crippen LogP) is 2.61. The molecule has 0 aliphatic carbocycles. The van der Waals surface area contributed by atoms with Gasteiger partial charge in [0.05, 0.1) is 0 Å². The van der Waals surface area contributed by atoms with Gasteiger partial charge in [-0.15, -0.1) is 0 Å². The van der Waals surface area contributed by atoms with Gasteiger partial charge < -0.3 is 4.74 Å². The fourth-order valence-corrected chi connectivity index (χ4v) is 1.34. The maximum Gasteiger partial charge on any atom is 0.368 e. The number of benzene rings is 1. The van der Waals surface area contributed by atoms with Crippen LogP contribution in [-0.2, 0) is 20.9 Å². The molecule has 0 bridgehead atoms. The van der Waals surface area contributed by atoms with Gasteiger partial charge in [0, 0.05) is 6.42 Å². The third kappa shape index (κ3) is 3.53. The van der Waals surface area contributed by atoms with Crippen molar-refractivity contribution < 1.29 is 18.7 Å². The van der Waals surface area contributed by atoms with Crippen LogP contribution in [0.5, 0.6) is 0 Å². The van der Waals surface area contributed by atoms with Crippen molar-refractivity contribution >= 4 is 23.4 Å². The summed E-state index contributed by atoms with van der Waals surface area (Å²) >= 11 is 5.21. The first kappa shape index (κ1) is 13.6. The number of rotatable bonds is 5. The van der Waals surface area contributed by atoms with Gasteiger partial charge in [-0.2, -0.15) is 0 Å². The predicted molar refractivity (Wildman–Crippen MR) is 61.2 cm³/mol. The Morgan fingerprint density at radius 1 is 1.35 bits per heavy atom. The molecule has 5 heteroatoms. The van der Waals surface area contributed by atoms with Crippen LogP contribution in [0.15, 0.2) is 30.3 Å². The summed E-state index contributed by atoms with van der Waals surface area (Å²) in [6.45, 7) is 1.30. The van der Waals surface area contributed by atoms with Crippen molar-refractivity contribution in [1.29, 1.82) is 0 Å². The van der Waals surface area contributed by atoms with E-state index in [9.17, 15) is 14.0 Å². The van der Waals surface area contributed by atoms with Gasteiger partial charge in [0.15, 0.2) is 5.78 Å². The number of halogens is 2. The van der Waals surface area contributed by atoms with Gasteiger partial charge in [-0.1, -0.05) is 48.9 Å². The molecule has 0 amide bonds. The van der Waals surface area contributed by atoms with Gasteiger partial charge in [0.25, 0.3) is 0 Å². The number of alkyl halides is 2. The zero-order chi connectivity index (χ0) is 12.9. The van der Waals surface area contributed by atoms with Gasteiger partial charge in [0.2, 0.25) is 0 Å². The van der Waals surface area contributed by atoms with E-state index in [0.29, 0.717) is 5.56 Å². The molecule has 1 rings (SSSR count). The lowest BCUT2D eigenvalue weighted by Gasteiger charge is -2.14. The topological polar surface area (TPSA) is 43.4 Å². The summed E-state index contributed by atoms with van der Waals surface area (Å²) in [5.41, 5.74) is 0.692. The summed E-state index contributed by atoms with van der Waals surface area (Å²) in [6.07, 6.45) is -0.166. The first-order valence-electron chi connectivity index (χ1n) is 5.10. The lowest BCUT2D eigenvalue weighted by atomic mass is 10.2. The Kier molecular flexibility index (Phi) is 4.63. The third-order valence-electron chi connectivity index (χ3n) is 2.14. The van der Waals surface area contributed by atoms with Crippen LogP contribution in [0.1, 0.15) is 18.9 Å². The van der Waals surface area contributed by atoms with Crippen molar-refractivity contribution in [2.45, 2.75) is 25.1 Å². The molecule has 0 saturated carbocycles. The van der Waals surface area contributed by atoms with Gasteiger partial charge >= 0.3 is 11.1 Å². The second kappa shape index (κ2) is 5.77. The van der Waals surface area contributed by atoms with E-state index in [4.69, 9.17) is 11.6 Å². The highest BCUT2D eigenvalue weighted by Crippen LogP contribution is 2.22. The number of carbonyl (C=O) groups excluding carboxylic acids is 2. The van der Waals surface area contributed by atoms with Gasteiger partial charge in [-0.05, 0) is 5.56 Å². The average Bonchev–Trinajstić information content (AvgIpc) is 2.35. The molecule has 17 heavy (non-hydrogen) atoms. The van der Waals surface area contributed by atoms with Crippen LogP contribution in [0.4, 0.5) is 4.39 Å². The van der Waals surface area contributed by atoms with Crippen LogP contribution >= 0.6 is 11.6 Å². The summed E-state index contributed by atoms with van der Waals surface area (Å²) in [4.78, 5) is 22.4. The van der Waals surface area contributed by atoms with Crippen molar-refractivity contribution in [1.82, 2.24) is 0 Å². The number of ketones is 1. The minimum Gasteiger partial charge on any atom is -0.457 e. The van der Waals surface area contributed by atoms with Crippen molar-refractivity contribution in [3.05, 3.63) is 35.9 Å². The van der Waals surface area contributed by atoms with Crippen LogP contribution in [0.2, 0.25) is 0 Å². The zero-order valence-corrected chi connectivity index (χ0v) is 10.0. The number of Topliss-reactive ketones (excluding diaryl/α,β-unsaturated/α-hetero) is 1. The van der Waals surface area contributed by atoms with E-state index < -0.39 is 16.9 Å². The molecule has 3 nitrogen and oxygen atoms in total. The molecule has 92 valence electrons. The molecule has 1 unspecified atom stereocenters. The molecule has 0 saturated heterocycles. The molecule has 1 aromatic rings. The van der Waals surface area contributed by atoms with Gasteiger partial charge in [-0.3, -0.25) is 4.79 Å². The van der Waals surface area contributed by atoms with Crippen LogP contribution in [0.25, 0.3) is 0 Å². The van der Waals surface area contributed by atoms with E-state index in [1.807, 2.05) is 0 Å². The molecule has 0 aliphatic rings. The lowest BCUT2D eigenvalue weighted by molar-refractivity contribution is -0.157. The fourth-order valence-electron chi connectivity index (χ4n) is 1.15. The number of carbonyl (C=O) groups is 2. The Balaban J connectivity index is 2.58. The minimum atomic E-state index is -3.08. The lowest BCUT2D eigenvalue weighted by Crippen LogP contribution is -2.37. The van der Waals surface area contributed by atoms with E-state index in [-0.39, 0.29) is 13.0 Å². The quantitative estimate of drug-likeness (QED) is 0.463. The smallest absolute Gasteiger partial charge is 0.368 e. The second-order valence-corrected chi connectivity index (χ2v) is 3.93. The Hall–Kier alpha value is -1.42. The Morgan fingerprint density at radius 3 is 2.47 bits per heavy atom. The fraction of sp³-hybridized carbons (Fsp3) is 0.333. The first-order chi connectivity index (χ1) is 7.98. The van der Waals surface area contributed by atoms with E-state index in [1.165, 1.54) is 6.92 Å². The van der Waals surface area contributed by atoms with Crippen molar-refractivity contribution in [2.24, 2.45) is 0 Å². The number of ether oxygens (including phenoxy) is 1. The Bertz CT molecular complexity index is 403. The highest BCUT2D eigenvalue weighted by atomic mass is 35.5. The number of hydrogen-bond acceptors (Lipinski definition) is 3. The molecule has 0 aliphatic heterocycles. The molecule has 1 aromatic carbocycles. The zero-order valence-electron chi connectivity index (χ0n) is 9.28. The minimum absolute atomic E-state index is 0.116. The van der Waals surface area contributed by atoms with Crippen molar-refractivity contribution in [3.8, 4) is 0 Å². The molecule has 0 aromatic heterocycles. The van der Waals surface area contributed by atoms with Crippen LogP contribution < -0.4 is 0 Å². The van der Waals surface area contributed by atoms with E-state index >= 15 is 0 Å². The molecule has 0 spiro atoms. The second-order valence-electron chi connectivity index (χ2n) is 3.41. The highest BCUT2D eigenvalue weighted by Gasteiger charge is 2.44. The molecule has 0 fully saturated rings. The Morgan fingerprint density at radius 2 is 1.94 bits per heavy atom. The molecular formula is C12H12ClFO3. The standard InChI is InChI=1S/C12H12ClFO3/c1-2-10(15)12(13,14)11(16)17-8-9-6-4-3-5-7-9/h3-7H,2,8H2,1H3. The van der Waals surface area contributed by atoms with Crippen LogP contribution in [0.3, 0.4) is 0 Å². The molecule has 0 N–H and O–H groups in total. The summed E-state index contributed by atoms with van der Waals surface area (Å²) < 4.78 is 18.2. The first-order valence-corrected chi connectivity index (χ1v) is 5.48. The average molecular weight is 259 g/mol. The molecule has 0 heterocycles. The summed E-state index contributed by atoms with van der Waals surface area (Å²) in [5, 5.41) is -3.08. The van der Waals surface area contributed by atoms with Crippen LogP contribution in [-0.4, -0.2) is 16.9 Å². The molecular weight excluding hydrogens is 247 g/mol. The highest BCUT2D eigenvalue weighted by molar-refractivity contribution is 6.44. The van der Waals surface area contributed by atoms with Gasteiger partial charge in [-0.25, -0.2) is 9.18 Å². The summed E-state index contributed by atoms with van der Waals surface area (Å²) in [5.74, 6) is -2.37. The number of esters is 1. The Labute approximate surface area is 104 Å². The van der Waals surface area contributed by atoms with E-state index in [2.05, 4.69) is 4.74 Å². The van der Waals surface area contributed by atoms with E-state index in [0.717, 1.165) is 0 Å². The van der Waals surface area contributed by atoms with Gasteiger partial charge in [0.1, 0.15) is 6.61 Å². The maximum atomic E-state index is 13.5.